The van der Waals surface area contributed by atoms with Gasteiger partial charge in [0.15, 0.2) is 0 Å². The molecule has 1 aromatic carbocycles. The lowest BCUT2D eigenvalue weighted by atomic mass is 9.95. The summed E-state index contributed by atoms with van der Waals surface area (Å²) >= 11 is 0. The molecule has 1 aliphatic rings. The van der Waals surface area contributed by atoms with E-state index in [4.69, 9.17) is 5.73 Å². The molecule has 0 bridgehead atoms. The Balaban J connectivity index is 0.00000132. The Morgan fingerprint density at radius 1 is 1.13 bits per heavy atom. The molecule has 1 fully saturated rings. The van der Waals surface area contributed by atoms with Crippen molar-refractivity contribution < 1.29 is 4.79 Å². The van der Waals surface area contributed by atoms with E-state index in [0.717, 1.165) is 5.69 Å². The third-order valence-corrected chi connectivity index (χ3v) is 3.88. The molecule has 124 valence electrons. The van der Waals surface area contributed by atoms with E-state index in [2.05, 4.69) is 22.1 Å². The summed E-state index contributed by atoms with van der Waals surface area (Å²) in [6.45, 7) is 3.02. The number of carbonyl (C=O) groups excluding carboxylic acids is 1. The van der Waals surface area contributed by atoms with E-state index in [1.165, 1.54) is 11.8 Å². The zero-order valence-electron chi connectivity index (χ0n) is 12.8. The molecule has 23 heavy (non-hydrogen) atoms. The standard InChI is InChI=1S/C16H18N4O.2ClH/c1-11-7-19-15(8-18-11)16(21)20-9-13(14(17)10-20)12-5-3-2-4-6-12;;/h2-8,13-14H,9-10,17H2,1H3;2*1H/t13-,14+;;/m0../s1. The highest BCUT2D eigenvalue weighted by atomic mass is 35.5. The number of hydrogen-bond acceptors (Lipinski definition) is 4. The van der Waals surface area contributed by atoms with Crippen LogP contribution in [0.4, 0.5) is 0 Å². The fourth-order valence-corrected chi connectivity index (χ4v) is 2.71. The summed E-state index contributed by atoms with van der Waals surface area (Å²) in [5.74, 6) is 0.0740. The number of aromatic nitrogens is 2. The van der Waals surface area contributed by atoms with E-state index in [0.29, 0.717) is 18.8 Å². The van der Waals surface area contributed by atoms with Crippen LogP contribution < -0.4 is 5.73 Å². The van der Waals surface area contributed by atoms with Gasteiger partial charge in [0.05, 0.1) is 11.9 Å². The van der Waals surface area contributed by atoms with Crippen LogP contribution in [0, 0.1) is 6.92 Å². The van der Waals surface area contributed by atoms with Gasteiger partial charge in [-0.15, -0.1) is 24.8 Å². The van der Waals surface area contributed by atoms with Crippen molar-refractivity contribution in [1.82, 2.24) is 14.9 Å². The summed E-state index contributed by atoms with van der Waals surface area (Å²) in [5.41, 5.74) is 8.56. The first-order chi connectivity index (χ1) is 10.1. The van der Waals surface area contributed by atoms with Crippen LogP contribution >= 0.6 is 24.8 Å². The Labute approximate surface area is 148 Å². The molecule has 2 N–H and O–H groups in total. The van der Waals surface area contributed by atoms with E-state index in [9.17, 15) is 4.79 Å². The van der Waals surface area contributed by atoms with Gasteiger partial charge in [-0.05, 0) is 12.5 Å². The third-order valence-electron chi connectivity index (χ3n) is 3.88. The highest BCUT2D eigenvalue weighted by Gasteiger charge is 2.34. The zero-order chi connectivity index (χ0) is 14.8. The molecule has 0 unspecified atom stereocenters. The minimum Gasteiger partial charge on any atom is -0.335 e. The van der Waals surface area contributed by atoms with Crippen LogP contribution in [-0.4, -0.2) is 39.9 Å². The predicted molar refractivity (Wildman–Crippen MR) is 94.3 cm³/mol. The van der Waals surface area contributed by atoms with Crippen molar-refractivity contribution in [2.45, 2.75) is 18.9 Å². The van der Waals surface area contributed by atoms with Gasteiger partial charge in [0.2, 0.25) is 0 Å². The normalized spacial score (nSPS) is 19.7. The third kappa shape index (κ3) is 4.19. The second kappa shape index (κ2) is 8.24. The number of hydrogen-bond donors (Lipinski definition) is 1. The van der Waals surface area contributed by atoms with Crippen LogP contribution in [0.25, 0.3) is 0 Å². The summed E-state index contributed by atoms with van der Waals surface area (Å²) < 4.78 is 0. The van der Waals surface area contributed by atoms with Gasteiger partial charge in [-0.2, -0.15) is 0 Å². The Bertz CT molecular complexity index is 636. The predicted octanol–water partition coefficient (Wildman–Crippen LogP) is 2.20. The number of rotatable bonds is 2. The fourth-order valence-electron chi connectivity index (χ4n) is 2.71. The van der Waals surface area contributed by atoms with Gasteiger partial charge in [-0.3, -0.25) is 9.78 Å². The molecule has 5 nitrogen and oxygen atoms in total. The highest BCUT2D eigenvalue weighted by Crippen LogP contribution is 2.27. The number of benzene rings is 1. The summed E-state index contributed by atoms with van der Waals surface area (Å²) in [5, 5.41) is 0. The van der Waals surface area contributed by atoms with Gasteiger partial charge in [0.1, 0.15) is 5.69 Å². The molecule has 1 aromatic heterocycles. The monoisotopic (exact) mass is 354 g/mol. The van der Waals surface area contributed by atoms with Crippen LogP contribution in [0.3, 0.4) is 0 Å². The zero-order valence-corrected chi connectivity index (χ0v) is 14.4. The molecule has 7 heteroatoms. The van der Waals surface area contributed by atoms with Crippen molar-refractivity contribution in [3.8, 4) is 0 Å². The summed E-state index contributed by atoms with van der Waals surface area (Å²) in [6.07, 6.45) is 3.14. The number of aryl methyl sites for hydroxylation is 1. The first kappa shape index (κ1) is 19.4. The van der Waals surface area contributed by atoms with E-state index >= 15 is 0 Å². The molecule has 2 aromatic rings. The molecule has 1 amide bonds. The van der Waals surface area contributed by atoms with Crippen molar-refractivity contribution >= 4 is 30.7 Å². The molecule has 0 radical (unpaired) electrons. The van der Waals surface area contributed by atoms with E-state index in [1.807, 2.05) is 25.1 Å². The van der Waals surface area contributed by atoms with Crippen LogP contribution in [0.15, 0.2) is 42.7 Å². The number of carbonyl (C=O) groups is 1. The second-order valence-electron chi connectivity index (χ2n) is 5.43. The topological polar surface area (TPSA) is 72.1 Å². The largest absolute Gasteiger partial charge is 0.335 e. The molecule has 0 spiro atoms. The number of halogens is 2. The minimum absolute atomic E-state index is 0. The van der Waals surface area contributed by atoms with Crippen LogP contribution in [0.1, 0.15) is 27.7 Å². The summed E-state index contributed by atoms with van der Waals surface area (Å²) in [6, 6.07) is 10.0. The Morgan fingerprint density at radius 3 is 2.43 bits per heavy atom. The van der Waals surface area contributed by atoms with Crippen molar-refractivity contribution in [3.05, 3.63) is 59.7 Å². The Morgan fingerprint density at radius 2 is 1.83 bits per heavy atom. The molecule has 2 heterocycles. The van der Waals surface area contributed by atoms with E-state index < -0.39 is 0 Å². The van der Waals surface area contributed by atoms with Gasteiger partial charge < -0.3 is 10.6 Å². The van der Waals surface area contributed by atoms with Gasteiger partial charge in [-0.25, -0.2) is 4.98 Å². The van der Waals surface area contributed by atoms with Crippen molar-refractivity contribution in [2.24, 2.45) is 5.73 Å². The highest BCUT2D eigenvalue weighted by molar-refractivity contribution is 5.92. The van der Waals surface area contributed by atoms with Crippen molar-refractivity contribution in [2.75, 3.05) is 13.1 Å². The summed E-state index contributed by atoms with van der Waals surface area (Å²) in [7, 11) is 0. The van der Waals surface area contributed by atoms with E-state index in [-0.39, 0.29) is 42.7 Å². The number of nitrogens with zero attached hydrogens (tertiary/aromatic N) is 3. The maximum atomic E-state index is 12.4. The van der Waals surface area contributed by atoms with Crippen molar-refractivity contribution in [3.63, 3.8) is 0 Å². The SMILES string of the molecule is Cc1cnc(C(=O)N2C[C@@H](N)[C@H](c3ccccc3)C2)cn1.Cl.Cl. The fraction of sp³-hybridized carbons (Fsp3) is 0.312. The Kier molecular flexibility index (Phi) is 6.94. The second-order valence-corrected chi connectivity index (χ2v) is 5.43. The van der Waals surface area contributed by atoms with Gasteiger partial charge in [-0.1, -0.05) is 30.3 Å². The number of nitrogens with two attached hydrogens (primary N) is 1. The Hall–Kier alpha value is -1.69. The van der Waals surface area contributed by atoms with Gasteiger partial charge in [0.25, 0.3) is 5.91 Å². The molecule has 1 aliphatic heterocycles. The maximum absolute atomic E-state index is 12.4. The maximum Gasteiger partial charge on any atom is 0.274 e. The van der Waals surface area contributed by atoms with Crippen LogP contribution in [-0.2, 0) is 0 Å². The minimum atomic E-state index is -0.101. The van der Waals surface area contributed by atoms with Crippen LogP contribution in [0.5, 0.6) is 0 Å². The molecule has 2 atom stereocenters. The molecule has 0 saturated carbocycles. The molecular weight excluding hydrogens is 335 g/mol. The number of likely N-dealkylation sites (tertiary alicyclic amines) is 1. The lowest BCUT2D eigenvalue weighted by molar-refractivity contribution is 0.0783. The average molecular weight is 355 g/mol. The smallest absolute Gasteiger partial charge is 0.274 e. The van der Waals surface area contributed by atoms with Crippen LogP contribution in [0.2, 0.25) is 0 Å². The number of amides is 1. The first-order valence-corrected chi connectivity index (χ1v) is 7.03. The lowest BCUT2D eigenvalue weighted by Crippen LogP contribution is -2.32. The average Bonchev–Trinajstić information content (AvgIpc) is 2.90. The molecular formula is C16H20Cl2N4O. The van der Waals surface area contributed by atoms with E-state index in [1.54, 1.807) is 11.1 Å². The summed E-state index contributed by atoms with van der Waals surface area (Å²) in [4.78, 5) is 22.5. The molecule has 0 aliphatic carbocycles. The van der Waals surface area contributed by atoms with Gasteiger partial charge in [0, 0.05) is 31.2 Å². The molecule has 3 rings (SSSR count). The first-order valence-electron chi connectivity index (χ1n) is 7.03. The quantitative estimate of drug-likeness (QED) is 0.897. The van der Waals surface area contributed by atoms with Gasteiger partial charge >= 0.3 is 0 Å². The molecule has 1 saturated heterocycles. The lowest BCUT2D eigenvalue weighted by Gasteiger charge is -2.16. The van der Waals surface area contributed by atoms with Crippen molar-refractivity contribution in [1.29, 1.82) is 0 Å².